The summed E-state index contributed by atoms with van der Waals surface area (Å²) in [6.45, 7) is 4.21. The number of nitrogens with zero attached hydrogens (tertiary/aromatic N) is 2. The third-order valence-corrected chi connectivity index (χ3v) is 4.41. The van der Waals surface area contributed by atoms with Crippen molar-refractivity contribution in [1.29, 1.82) is 0 Å². The first-order chi connectivity index (χ1) is 10.8. The Bertz CT molecular complexity index is 641. The van der Waals surface area contributed by atoms with Gasteiger partial charge in [-0.1, -0.05) is 18.2 Å². The first-order valence-corrected chi connectivity index (χ1v) is 8.12. The molecular formula is C18H24N3O. The number of aromatic nitrogens is 1. The van der Waals surface area contributed by atoms with Crippen molar-refractivity contribution in [2.45, 2.75) is 19.3 Å². The third kappa shape index (κ3) is 3.33. The smallest absolute Gasteiger partial charge is 0.267 e. The highest BCUT2D eigenvalue weighted by Crippen LogP contribution is 2.18. The zero-order chi connectivity index (χ0) is 15.4. The monoisotopic (exact) mass is 298 g/mol. The lowest BCUT2D eigenvalue weighted by Crippen LogP contribution is -2.27. The lowest BCUT2D eigenvalue weighted by Gasteiger charge is -2.14. The molecule has 2 aromatic rings. The Kier molecular flexibility index (Phi) is 4.78. The highest BCUT2D eigenvalue weighted by Gasteiger charge is 2.13. The maximum Gasteiger partial charge on any atom is 0.267 e. The van der Waals surface area contributed by atoms with E-state index in [4.69, 9.17) is 0 Å². The second-order valence-electron chi connectivity index (χ2n) is 5.99. The molecule has 1 radical (unpaired) electrons. The van der Waals surface area contributed by atoms with Crippen molar-refractivity contribution in [3.63, 3.8) is 0 Å². The molecule has 0 unspecified atom stereocenters. The Morgan fingerprint density at radius 3 is 2.91 bits per heavy atom. The van der Waals surface area contributed by atoms with Crippen LogP contribution in [0.1, 0.15) is 29.8 Å². The molecule has 3 rings (SSSR count). The molecule has 4 nitrogen and oxygen atoms in total. The Morgan fingerprint density at radius 2 is 2.14 bits per heavy atom. The van der Waals surface area contributed by atoms with Gasteiger partial charge in [0.25, 0.3) is 5.91 Å². The second kappa shape index (κ2) is 6.97. The molecule has 0 aliphatic carbocycles. The molecule has 1 fully saturated rings. The number of amides is 1. The van der Waals surface area contributed by atoms with Crippen LogP contribution >= 0.6 is 0 Å². The molecule has 2 heterocycles. The molecule has 1 aliphatic rings. The van der Waals surface area contributed by atoms with Gasteiger partial charge in [0.2, 0.25) is 0 Å². The summed E-state index contributed by atoms with van der Waals surface area (Å²) in [5.41, 5.74) is 1.83. The molecule has 4 heteroatoms. The van der Waals surface area contributed by atoms with E-state index >= 15 is 0 Å². The average Bonchev–Trinajstić information content (AvgIpc) is 3.15. The Labute approximate surface area is 132 Å². The molecule has 1 aromatic carbocycles. The summed E-state index contributed by atoms with van der Waals surface area (Å²) in [4.78, 5) is 14.8. The minimum Gasteiger partial charge on any atom is -0.351 e. The summed E-state index contributed by atoms with van der Waals surface area (Å²) in [7, 11) is 1.95. The summed E-state index contributed by atoms with van der Waals surface area (Å²) < 4.78 is 1.96. The van der Waals surface area contributed by atoms with Gasteiger partial charge in [-0.2, -0.15) is 0 Å². The van der Waals surface area contributed by atoms with Crippen LogP contribution in [0.5, 0.6) is 0 Å². The van der Waals surface area contributed by atoms with E-state index in [1.54, 1.807) is 0 Å². The number of carbonyl (C=O) groups is 1. The molecule has 1 aromatic heterocycles. The van der Waals surface area contributed by atoms with Crippen molar-refractivity contribution in [3.05, 3.63) is 42.4 Å². The van der Waals surface area contributed by atoms with Crippen LogP contribution in [0.4, 0.5) is 0 Å². The minimum absolute atomic E-state index is 0.0215. The summed E-state index contributed by atoms with van der Waals surface area (Å²) >= 11 is 0. The highest BCUT2D eigenvalue weighted by molar-refractivity contribution is 5.98. The van der Waals surface area contributed by atoms with Crippen LogP contribution in [0, 0.1) is 6.42 Å². The number of nitrogens with one attached hydrogen (secondary N) is 1. The lowest BCUT2D eigenvalue weighted by atomic mass is 10.2. The van der Waals surface area contributed by atoms with Crippen molar-refractivity contribution >= 4 is 16.8 Å². The molecule has 0 atom stereocenters. The predicted octanol–water partition coefficient (Wildman–Crippen LogP) is 2.60. The number of para-hydroxylation sites is 1. The number of hydrogen-bond acceptors (Lipinski definition) is 2. The van der Waals surface area contributed by atoms with Gasteiger partial charge in [-0.15, -0.1) is 0 Å². The number of unbranched alkanes of at least 4 members (excludes halogenated alkanes) is 1. The van der Waals surface area contributed by atoms with Crippen LogP contribution in [0.3, 0.4) is 0 Å². The van der Waals surface area contributed by atoms with Crippen LogP contribution in [0.15, 0.2) is 30.3 Å². The number of aryl methyl sites for hydroxylation is 1. The topological polar surface area (TPSA) is 37.3 Å². The van der Waals surface area contributed by atoms with Gasteiger partial charge in [-0.05, 0) is 50.9 Å². The third-order valence-electron chi connectivity index (χ3n) is 4.41. The Balaban J connectivity index is 1.47. The first-order valence-electron chi connectivity index (χ1n) is 8.12. The fourth-order valence-electron chi connectivity index (χ4n) is 3.10. The number of carbonyl (C=O) groups excluding carboxylic acids is 1. The molecule has 1 aliphatic heterocycles. The quantitative estimate of drug-likeness (QED) is 0.832. The van der Waals surface area contributed by atoms with Crippen LogP contribution in [0.2, 0.25) is 0 Å². The summed E-state index contributed by atoms with van der Waals surface area (Å²) in [6, 6.07) is 10.0. The molecule has 1 N–H and O–H groups in total. The van der Waals surface area contributed by atoms with Crippen LogP contribution in [-0.2, 0) is 7.05 Å². The van der Waals surface area contributed by atoms with Gasteiger partial charge in [0.05, 0.1) is 0 Å². The molecule has 0 bridgehead atoms. The fraction of sp³-hybridized carbons (Fsp3) is 0.444. The summed E-state index contributed by atoms with van der Waals surface area (Å²) in [5, 5.41) is 4.15. The maximum atomic E-state index is 12.3. The lowest BCUT2D eigenvalue weighted by molar-refractivity contribution is 0.0945. The van der Waals surface area contributed by atoms with Crippen LogP contribution in [0.25, 0.3) is 10.9 Å². The molecule has 22 heavy (non-hydrogen) atoms. The van der Waals surface area contributed by atoms with Crippen molar-refractivity contribution in [1.82, 2.24) is 14.8 Å². The number of benzene rings is 1. The van der Waals surface area contributed by atoms with E-state index in [9.17, 15) is 4.79 Å². The standard InChI is InChI=1S/C18H24N3O/c1-20-16-9-3-2-8-15(16)14-17(20)18(22)19-10-4-5-11-21-12-6-7-13-21/h2-3,6,8-9,14H,4-5,7,10-13H2,1H3,(H,19,22). The van der Waals surface area contributed by atoms with E-state index in [1.165, 1.54) is 13.0 Å². The fourth-order valence-corrected chi connectivity index (χ4v) is 3.10. The largest absolute Gasteiger partial charge is 0.351 e. The van der Waals surface area contributed by atoms with E-state index < -0.39 is 0 Å². The van der Waals surface area contributed by atoms with Gasteiger partial charge in [-0.3, -0.25) is 4.79 Å². The Morgan fingerprint density at radius 1 is 1.27 bits per heavy atom. The van der Waals surface area contributed by atoms with Gasteiger partial charge < -0.3 is 14.8 Å². The van der Waals surface area contributed by atoms with Gasteiger partial charge >= 0.3 is 0 Å². The van der Waals surface area contributed by atoms with E-state index in [1.807, 2.05) is 41.9 Å². The molecule has 0 saturated carbocycles. The number of fused-ring (bicyclic) bond motifs is 1. The Hall–Kier alpha value is -1.81. The zero-order valence-electron chi connectivity index (χ0n) is 13.2. The predicted molar refractivity (Wildman–Crippen MR) is 89.8 cm³/mol. The van der Waals surface area contributed by atoms with Gasteiger partial charge in [0, 0.05) is 31.0 Å². The van der Waals surface area contributed by atoms with E-state index in [0.717, 1.165) is 49.1 Å². The zero-order valence-corrected chi connectivity index (χ0v) is 13.2. The van der Waals surface area contributed by atoms with Crippen LogP contribution in [-0.4, -0.2) is 41.6 Å². The van der Waals surface area contributed by atoms with E-state index in [0.29, 0.717) is 0 Å². The molecule has 117 valence electrons. The summed E-state index contributed by atoms with van der Waals surface area (Å²) in [6.07, 6.45) is 5.73. The SMILES string of the molecule is Cn1c(C(=O)NCCCCN2C[CH]CC2)cc2ccccc21. The maximum absolute atomic E-state index is 12.3. The van der Waals surface area contributed by atoms with Crippen molar-refractivity contribution in [2.24, 2.45) is 7.05 Å². The van der Waals surface area contributed by atoms with E-state index in [-0.39, 0.29) is 5.91 Å². The van der Waals surface area contributed by atoms with Crippen LogP contribution < -0.4 is 5.32 Å². The van der Waals surface area contributed by atoms with Crippen molar-refractivity contribution < 1.29 is 4.79 Å². The van der Waals surface area contributed by atoms with E-state index in [2.05, 4.69) is 16.6 Å². The molecule has 0 spiro atoms. The molecule has 1 amide bonds. The minimum atomic E-state index is 0.0215. The van der Waals surface area contributed by atoms with Crippen molar-refractivity contribution in [2.75, 3.05) is 26.2 Å². The highest BCUT2D eigenvalue weighted by atomic mass is 16.1. The molecule has 1 saturated heterocycles. The molecular weight excluding hydrogens is 274 g/mol. The van der Waals surface area contributed by atoms with Gasteiger partial charge in [-0.25, -0.2) is 0 Å². The number of hydrogen-bond donors (Lipinski definition) is 1. The number of rotatable bonds is 6. The number of likely N-dealkylation sites (tertiary alicyclic amines) is 1. The average molecular weight is 298 g/mol. The van der Waals surface area contributed by atoms with Gasteiger partial charge in [0.1, 0.15) is 5.69 Å². The second-order valence-corrected chi connectivity index (χ2v) is 5.99. The first kappa shape index (κ1) is 15.1. The van der Waals surface area contributed by atoms with Gasteiger partial charge in [0.15, 0.2) is 0 Å². The van der Waals surface area contributed by atoms with Crippen molar-refractivity contribution in [3.8, 4) is 0 Å². The summed E-state index contributed by atoms with van der Waals surface area (Å²) in [5.74, 6) is 0.0215. The normalized spacial score (nSPS) is 15.5.